The first-order valence-corrected chi connectivity index (χ1v) is 17.9. The number of hydrogen-bond acceptors (Lipinski definition) is 10. The van der Waals surface area contributed by atoms with Crippen LogP contribution in [-0.2, 0) is 9.47 Å². The molecule has 0 aliphatic heterocycles. The SMILES string of the molecule is O=C(OCCCCCCOc1ccc(C(=O)Oc2ccc(OC(=O)c3ccc(OCCCCOC(=O)c4ccccc4)cc3)cc2)cc1)c1ccccc1. The fraction of sp³-hybridized carbons (Fsp3) is 0.227. The summed E-state index contributed by atoms with van der Waals surface area (Å²) in [6.45, 7) is 1.66. The summed E-state index contributed by atoms with van der Waals surface area (Å²) in [6.07, 6.45) is 4.85. The molecule has 5 aromatic carbocycles. The van der Waals surface area contributed by atoms with E-state index in [4.69, 9.17) is 28.4 Å². The zero-order valence-corrected chi connectivity index (χ0v) is 29.9. The molecule has 5 rings (SSSR count). The Morgan fingerprint density at radius 1 is 0.315 bits per heavy atom. The van der Waals surface area contributed by atoms with Crippen LogP contribution in [0.1, 0.15) is 80.0 Å². The van der Waals surface area contributed by atoms with Crippen LogP contribution >= 0.6 is 0 Å². The van der Waals surface area contributed by atoms with Gasteiger partial charge in [0.1, 0.15) is 23.0 Å². The van der Waals surface area contributed by atoms with E-state index in [1.54, 1.807) is 121 Å². The van der Waals surface area contributed by atoms with Crippen LogP contribution in [0.15, 0.2) is 133 Å². The monoisotopic (exact) mass is 730 g/mol. The molecule has 0 aliphatic rings. The smallest absolute Gasteiger partial charge is 0.343 e. The number of rotatable bonds is 20. The van der Waals surface area contributed by atoms with Gasteiger partial charge in [-0.15, -0.1) is 0 Å². The average Bonchev–Trinajstić information content (AvgIpc) is 3.21. The highest BCUT2D eigenvalue weighted by atomic mass is 16.5. The van der Waals surface area contributed by atoms with Crippen molar-refractivity contribution >= 4 is 23.9 Å². The van der Waals surface area contributed by atoms with Gasteiger partial charge in [-0.1, -0.05) is 36.4 Å². The minimum absolute atomic E-state index is 0.293. The molecule has 54 heavy (non-hydrogen) atoms. The van der Waals surface area contributed by atoms with Gasteiger partial charge < -0.3 is 28.4 Å². The zero-order chi connectivity index (χ0) is 37.8. The van der Waals surface area contributed by atoms with Gasteiger partial charge in [-0.3, -0.25) is 0 Å². The molecule has 10 heteroatoms. The van der Waals surface area contributed by atoms with Crippen molar-refractivity contribution in [2.24, 2.45) is 0 Å². The molecule has 0 aliphatic carbocycles. The third-order valence-electron chi connectivity index (χ3n) is 8.02. The van der Waals surface area contributed by atoms with E-state index in [0.29, 0.717) is 84.5 Å². The first-order valence-electron chi connectivity index (χ1n) is 17.9. The molecule has 0 fully saturated rings. The van der Waals surface area contributed by atoms with Crippen LogP contribution in [-0.4, -0.2) is 50.3 Å². The van der Waals surface area contributed by atoms with E-state index in [1.807, 2.05) is 12.1 Å². The predicted octanol–water partition coefficient (Wildman–Crippen LogP) is 8.94. The highest BCUT2D eigenvalue weighted by Crippen LogP contribution is 2.22. The average molecular weight is 731 g/mol. The van der Waals surface area contributed by atoms with Gasteiger partial charge in [0.05, 0.1) is 48.7 Å². The van der Waals surface area contributed by atoms with Gasteiger partial charge in [0.15, 0.2) is 0 Å². The first kappa shape index (κ1) is 38.8. The molecule has 278 valence electrons. The number of ether oxygens (including phenoxy) is 6. The lowest BCUT2D eigenvalue weighted by molar-refractivity contribution is 0.0486. The highest BCUT2D eigenvalue weighted by Gasteiger charge is 2.12. The summed E-state index contributed by atoms with van der Waals surface area (Å²) in [6, 6.07) is 37.3. The van der Waals surface area contributed by atoms with Gasteiger partial charge >= 0.3 is 23.9 Å². The molecule has 0 saturated heterocycles. The number of benzene rings is 5. The topological polar surface area (TPSA) is 124 Å². The van der Waals surface area contributed by atoms with Gasteiger partial charge in [0.2, 0.25) is 0 Å². The highest BCUT2D eigenvalue weighted by molar-refractivity contribution is 5.92. The molecule has 0 atom stereocenters. The number of hydrogen-bond donors (Lipinski definition) is 0. The summed E-state index contributed by atoms with van der Waals surface area (Å²) >= 11 is 0. The van der Waals surface area contributed by atoms with Crippen LogP contribution in [0.4, 0.5) is 0 Å². The van der Waals surface area contributed by atoms with Crippen LogP contribution in [0, 0.1) is 0 Å². The molecular weight excluding hydrogens is 688 g/mol. The number of unbranched alkanes of at least 4 members (excludes halogenated alkanes) is 4. The molecule has 0 spiro atoms. The Bertz CT molecular complexity index is 1910. The summed E-state index contributed by atoms with van der Waals surface area (Å²) in [5, 5.41) is 0. The van der Waals surface area contributed by atoms with E-state index < -0.39 is 11.9 Å². The first-order chi connectivity index (χ1) is 26.4. The second-order valence-corrected chi connectivity index (χ2v) is 12.1. The standard InChI is InChI=1S/C44H42O10/c45-41(33-13-5-3-6-14-33)51-31-10-2-1-9-29-49-37-21-17-35(18-22-37)43(47)53-39-25-27-40(28-26-39)54-44(48)36-19-23-38(24-20-36)50-30-11-12-32-52-42(46)34-15-7-4-8-16-34/h3-8,13-28H,1-2,9-12,29-32H2. The Kier molecular flexibility index (Phi) is 15.2. The third kappa shape index (κ3) is 13.0. The summed E-state index contributed by atoms with van der Waals surface area (Å²) in [5.74, 6) is 0.107. The molecule has 5 aromatic rings. The molecule has 0 aromatic heterocycles. The Labute approximate surface area is 314 Å². The third-order valence-corrected chi connectivity index (χ3v) is 8.02. The fourth-order valence-corrected chi connectivity index (χ4v) is 5.07. The minimum atomic E-state index is -0.546. The van der Waals surface area contributed by atoms with E-state index >= 15 is 0 Å². The number of esters is 4. The van der Waals surface area contributed by atoms with Crippen LogP contribution in [0.25, 0.3) is 0 Å². The molecular formula is C44H42O10. The molecule has 0 heterocycles. The van der Waals surface area contributed by atoms with Crippen molar-refractivity contribution < 1.29 is 47.6 Å². The van der Waals surface area contributed by atoms with Crippen molar-refractivity contribution in [2.75, 3.05) is 26.4 Å². The van der Waals surface area contributed by atoms with E-state index in [-0.39, 0.29) is 11.9 Å². The van der Waals surface area contributed by atoms with Crippen molar-refractivity contribution in [3.63, 3.8) is 0 Å². The van der Waals surface area contributed by atoms with Crippen molar-refractivity contribution in [2.45, 2.75) is 38.5 Å². The van der Waals surface area contributed by atoms with E-state index in [1.165, 1.54) is 0 Å². The number of carbonyl (C=O) groups is 4. The molecule has 0 unspecified atom stereocenters. The Morgan fingerprint density at radius 3 is 1.04 bits per heavy atom. The van der Waals surface area contributed by atoms with Crippen molar-refractivity contribution in [3.05, 3.63) is 156 Å². The van der Waals surface area contributed by atoms with Crippen LogP contribution in [0.5, 0.6) is 23.0 Å². The van der Waals surface area contributed by atoms with Gasteiger partial charge in [-0.05, 0) is 136 Å². The molecule has 0 bridgehead atoms. The Morgan fingerprint density at radius 2 is 0.630 bits per heavy atom. The second kappa shape index (κ2) is 21.2. The van der Waals surface area contributed by atoms with E-state index in [9.17, 15) is 19.2 Å². The van der Waals surface area contributed by atoms with E-state index in [0.717, 1.165) is 25.7 Å². The minimum Gasteiger partial charge on any atom is -0.494 e. The molecule has 0 saturated carbocycles. The summed E-state index contributed by atoms with van der Waals surface area (Å²) in [4.78, 5) is 49.3. The molecule has 0 N–H and O–H groups in total. The van der Waals surface area contributed by atoms with Crippen molar-refractivity contribution in [1.82, 2.24) is 0 Å². The summed E-state index contributed by atoms with van der Waals surface area (Å²) < 4.78 is 33.0. The lowest BCUT2D eigenvalue weighted by Crippen LogP contribution is -2.10. The summed E-state index contributed by atoms with van der Waals surface area (Å²) in [5.41, 5.74) is 1.78. The van der Waals surface area contributed by atoms with Gasteiger partial charge in [-0.25, -0.2) is 19.2 Å². The number of carbonyl (C=O) groups excluding carboxylic acids is 4. The quantitative estimate of drug-likeness (QED) is 0.0436. The fourth-order valence-electron chi connectivity index (χ4n) is 5.07. The van der Waals surface area contributed by atoms with Crippen molar-refractivity contribution in [1.29, 1.82) is 0 Å². The molecule has 0 radical (unpaired) electrons. The van der Waals surface area contributed by atoms with E-state index in [2.05, 4.69) is 0 Å². The Hall–Kier alpha value is -6.42. The summed E-state index contributed by atoms with van der Waals surface area (Å²) in [7, 11) is 0. The largest absolute Gasteiger partial charge is 0.494 e. The van der Waals surface area contributed by atoms with Crippen LogP contribution in [0.3, 0.4) is 0 Å². The Balaban J connectivity index is 0.929. The van der Waals surface area contributed by atoms with Crippen LogP contribution in [0.2, 0.25) is 0 Å². The predicted molar refractivity (Wildman–Crippen MR) is 201 cm³/mol. The van der Waals surface area contributed by atoms with Gasteiger partial charge in [0.25, 0.3) is 0 Å². The maximum Gasteiger partial charge on any atom is 0.343 e. The van der Waals surface area contributed by atoms with Gasteiger partial charge in [0, 0.05) is 0 Å². The van der Waals surface area contributed by atoms with Crippen LogP contribution < -0.4 is 18.9 Å². The molecule has 10 nitrogen and oxygen atoms in total. The lowest BCUT2D eigenvalue weighted by Gasteiger charge is -2.09. The maximum absolute atomic E-state index is 12.7. The second-order valence-electron chi connectivity index (χ2n) is 12.1. The maximum atomic E-state index is 12.7. The van der Waals surface area contributed by atoms with Crippen molar-refractivity contribution in [3.8, 4) is 23.0 Å². The normalized spacial score (nSPS) is 10.5. The van der Waals surface area contributed by atoms with Gasteiger partial charge in [-0.2, -0.15) is 0 Å². The molecule has 0 amide bonds. The lowest BCUT2D eigenvalue weighted by atomic mass is 10.2. The zero-order valence-electron chi connectivity index (χ0n) is 29.9.